The average Bonchev–Trinajstić information content (AvgIpc) is 2.98. The highest BCUT2D eigenvalue weighted by Gasteiger charge is 2.20. The van der Waals surface area contributed by atoms with Crippen LogP contribution in [-0.4, -0.2) is 28.6 Å². The van der Waals surface area contributed by atoms with Gasteiger partial charge in [0.1, 0.15) is 0 Å². The molecule has 0 spiro atoms. The zero-order chi connectivity index (χ0) is 13.8. The van der Waals surface area contributed by atoms with E-state index in [2.05, 4.69) is 24.1 Å². The van der Waals surface area contributed by atoms with Crippen LogP contribution in [0.3, 0.4) is 0 Å². The first kappa shape index (κ1) is 14.2. The Bertz CT molecular complexity index is 468. The summed E-state index contributed by atoms with van der Waals surface area (Å²) in [4.78, 5) is 16.4. The van der Waals surface area contributed by atoms with E-state index in [0.29, 0.717) is 12.3 Å². The van der Waals surface area contributed by atoms with E-state index in [9.17, 15) is 4.79 Å². The molecule has 0 radical (unpaired) electrons. The van der Waals surface area contributed by atoms with Gasteiger partial charge in [0.15, 0.2) is 0 Å². The van der Waals surface area contributed by atoms with Gasteiger partial charge in [0.2, 0.25) is 5.91 Å². The van der Waals surface area contributed by atoms with Gasteiger partial charge in [0.05, 0.1) is 17.1 Å². The summed E-state index contributed by atoms with van der Waals surface area (Å²) in [6.07, 6.45) is 5.04. The number of nitrogens with zero attached hydrogens (tertiary/aromatic N) is 1. The molecule has 0 fully saturated rings. The summed E-state index contributed by atoms with van der Waals surface area (Å²) in [5.41, 5.74) is 0.840. The van der Waals surface area contributed by atoms with Gasteiger partial charge < -0.3 is 10.4 Å². The van der Waals surface area contributed by atoms with Gasteiger partial charge in [0, 0.05) is 29.9 Å². The highest BCUT2D eigenvalue weighted by molar-refractivity contribution is 7.09. The van der Waals surface area contributed by atoms with Crippen LogP contribution in [0.4, 0.5) is 0 Å². The number of nitrogens with one attached hydrogen (secondary N) is 1. The van der Waals surface area contributed by atoms with Crippen LogP contribution < -0.4 is 5.32 Å². The summed E-state index contributed by atoms with van der Waals surface area (Å²) >= 11 is 1.61. The van der Waals surface area contributed by atoms with E-state index in [4.69, 9.17) is 5.11 Å². The van der Waals surface area contributed by atoms with Crippen molar-refractivity contribution in [1.82, 2.24) is 10.3 Å². The summed E-state index contributed by atoms with van der Waals surface area (Å²) in [5.74, 6) is 0.579. The lowest BCUT2D eigenvalue weighted by Gasteiger charge is -2.12. The number of thiazole rings is 1. The molecular formula is C14H20N2O2S. The van der Waals surface area contributed by atoms with Crippen LogP contribution in [0, 0.1) is 5.92 Å². The number of aromatic nitrogens is 1. The van der Waals surface area contributed by atoms with E-state index < -0.39 is 0 Å². The van der Waals surface area contributed by atoms with Crippen molar-refractivity contribution in [2.24, 2.45) is 5.92 Å². The van der Waals surface area contributed by atoms with Crippen molar-refractivity contribution in [2.45, 2.75) is 38.6 Å². The van der Waals surface area contributed by atoms with E-state index in [1.807, 2.05) is 17.5 Å². The number of hydrogen-bond donors (Lipinski definition) is 2. The number of carbonyl (C=O) groups excluding carboxylic acids is 1. The van der Waals surface area contributed by atoms with Crippen LogP contribution in [0.2, 0.25) is 0 Å². The second kappa shape index (κ2) is 6.30. The van der Waals surface area contributed by atoms with E-state index in [1.54, 1.807) is 11.3 Å². The number of hydrogen-bond acceptors (Lipinski definition) is 4. The predicted octanol–water partition coefficient (Wildman–Crippen LogP) is 1.86. The van der Waals surface area contributed by atoms with Gasteiger partial charge in [-0.3, -0.25) is 4.79 Å². The second-order valence-electron chi connectivity index (χ2n) is 5.25. The van der Waals surface area contributed by atoms with Gasteiger partial charge >= 0.3 is 0 Å². The SMILES string of the molecule is CC(C)c1nc(CC(=O)N[C@@H]2C=C[C@H](CO)C2)cs1. The molecule has 0 saturated heterocycles. The third-order valence-corrected chi connectivity index (χ3v) is 4.35. The molecule has 0 unspecified atom stereocenters. The van der Waals surface area contributed by atoms with Gasteiger partial charge in [-0.15, -0.1) is 11.3 Å². The highest BCUT2D eigenvalue weighted by atomic mass is 32.1. The molecule has 2 atom stereocenters. The maximum atomic E-state index is 11.9. The quantitative estimate of drug-likeness (QED) is 0.809. The van der Waals surface area contributed by atoms with E-state index in [0.717, 1.165) is 17.1 Å². The first-order valence-electron chi connectivity index (χ1n) is 6.61. The number of carbonyl (C=O) groups is 1. The lowest BCUT2D eigenvalue weighted by Crippen LogP contribution is -2.34. The molecule has 0 aromatic carbocycles. The van der Waals surface area contributed by atoms with Gasteiger partial charge in [-0.05, 0) is 6.42 Å². The van der Waals surface area contributed by atoms with E-state index >= 15 is 0 Å². The van der Waals surface area contributed by atoms with Crippen molar-refractivity contribution in [3.05, 3.63) is 28.2 Å². The molecular weight excluding hydrogens is 260 g/mol. The largest absolute Gasteiger partial charge is 0.396 e. The molecule has 2 rings (SSSR count). The average molecular weight is 280 g/mol. The van der Waals surface area contributed by atoms with Crippen LogP contribution in [-0.2, 0) is 11.2 Å². The fraction of sp³-hybridized carbons (Fsp3) is 0.571. The Morgan fingerprint density at radius 1 is 1.58 bits per heavy atom. The smallest absolute Gasteiger partial charge is 0.226 e. The van der Waals surface area contributed by atoms with Crippen LogP contribution in [0.25, 0.3) is 0 Å². The summed E-state index contributed by atoms with van der Waals surface area (Å²) in [6, 6.07) is 0.0489. The zero-order valence-corrected chi connectivity index (χ0v) is 12.1. The Hall–Kier alpha value is -1.20. The molecule has 1 aliphatic carbocycles. The molecule has 2 N–H and O–H groups in total. The topological polar surface area (TPSA) is 62.2 Å². The molecule has 1 aromatic rings. The Labute approximate surface area is 117 Å². The molecule has 0 bridgehead atoms. The van der Waals surface area contributed by atoms with Crippen molar-refractivity contribution in [1.29, 1.82) is 0 Å². The number of rotatable bonds is 5. The van der Waals surface area contributed by atoms with Gasteiger partial charge in [-0.2, -0.15) is 0 Å². The third-order valence-electron chi connectivity index (χ3n) is 3.16. The summed E-state index contributed by atoms with van der Waals surface area (Å²) in [7, 11) is 0. The maximum absolute atomic E-state index is 11.9. The van der Waals surface area contributed by atoms with Crippen LogP contribution >= 0.6 is 11.3 Å². The fourth-order valence-corrected chi connectivity index (χ4v) is 2.94. The summed E-state index contributed by atoms with van der Waals surface area (Å²) in [6.45, 7) is 4.34. The maximum Gasteiger partial charge on any atom is 0.226 e. The molecule has 0 saturated carbocycles. The minimum atomic E-state index is -0.00570. The zero-order valence-electron chi connectivity index (χ0n) is 11.3. The first-order chi connectivity index (χ1) is 9.08. The second-order valence-corrected chi connectivity index (χ2v) is 6.14. The molecule has 1 amide bonds. The molecule has 0 aliphatic heterocycles. The Kier molecular flexibility index (Phi) is 4.71. The Morgan fingerprint density at radius 2 is 2.37 bits per heavy atom. The molecule has 4 nitrogen and oxygen atoms in total. The highest BCUT2D eigenvalue weighted by Crippen LogP contribution is 2.20. The van der Waals surface area contributed by atoms with Gasteiger partial charge in [-0.25, -0.2) is 4.98 Å². The molecule has 1 heterocycles. The molecule has 19 heavy (non-hydrogen) atoms. The van der Waals surface area contributed by atoms with Crippen LogP contribution in [0.1, 0.15) is 36.9 Å². The standard InChI is InChI=1S/C14H20N2O2S/c1-9(2)14-16-12(8-19-14)6-13(18)15-11-4-3-10(5-11)7-17/h3-4,8-11,17H,5-7H2,1-2H3,(H,15,18)/t10-,11+/m0/s1. The predicted molar refractivity (Wildman–Crippen MR) is 76.2 cm³/mol. The van der Waals surface area contributed by atoms with E-state index in [1.165, 1.54) is 0 Å². The van der Waals surface area contributed by atoms with Gasteiger partial charge in [-0.1, -0.05) is 26.0 Å². The minimum absolute atomic E-state index is 0.00570. The summed E-state index contributed by atoms with van der Waals surface area (Å²) in [5, 5.41) is 15.0. The summed E-state index contributed by atoms with van der Waals surface area (Å²) < 4.78 is 0. The van der Waals surface area contributed by atoms with Crippen LogP contribution in [0.15, 0.2) is 17.5 Å². The number of amides is 1. The first-order valence-corrected chi connectivity index (χ1v) is 7.49. The normalized spacial score (nSPS) is 22.1. The number of aliphatic hydroxyl groups excluding tert-OH is 1. The molecule has 1 aromatic heterocycles. The van der Waals surface area contributed by atoms with Crippen molar-refractivity contribution >= 4 is 17.2 Å². The van der Waals surface area contributed by atoms with Gasteiger partial charge in [0.25, 0.3) is 0 Å². The third kappa shape index (κ3) is 3.88. The number of aliphatic hydroxyl groups is 1. The minimum Gasteiger partial charge on any atom is -0.396 e. The Morgan fingerprint density at radius 3 is 2.95 bits per heavy atom. The molecule has 5 heteroatoms. The van der Waals surface area contributed by atoms with E-state index in [-0.39, 0.29) is 24.5 Å². The molecule has 104 valence electrons. The Balaban J connectivity index is 1.83. The lowest BCUT2D eigenvalue weighted by molar-refractivity contribution is -0.120. The van der Waals surface area contributed by atoms with Crippen molar-refractivity contribution in [3.63, 3.8) is 0 Å². The van der Waals surface area contributed by atoms with Crippen molar-refractivity contribution < 1.29 is 9.90 Å². The van der Waals surface area contributed by atoms with Crippen LogP contribution in [0.5, 0.6) is 0 Å². The monoisotopic (exact) mass is 280 g/mol. The lowest BCUT2D eigenvalue weighted by atomic mass is 10.1. The van der Waals surface area contributed by atoms with Crippen molar-refractivity contribution in [2.75, 3.05) is 6.61 Å². The van der Waals surface area contributed by atoms with Crippen molar-refractivity contribution in [3.8, 4) is 0 Å². The molecule has 1 aliphatic rings. The fourth-order valence-electron chi connectivity index (χ4n) is 2.11.